The summed E-state index contributed by atoms with van der Waals surface area (Å²) in [4.78, 5) is 59.8. The van der Waals surface area contributed by atoms with Crippen LogP contribution in [-0.4, -0.2) is 63.0 Å². The van der Waals surface area contributed by atoms with Gasteiger partial charge in [0.1, 0.15) is 5.60 Å². The number of aromatic nitrogens is 1. The number of likely N-dealkylation sites (tertiary alicyclic amines) is 1. The minimum Gasteiger partial charge on any atom is -0.441 e. The molecule has 0 bridgehead atoms. The minimum atomic E-state index is -1.90. The summed E-state index contributed by atoms with van der Waals surface area (Å²) in [6.07, 6.45) is 2.34. The Hall–Kier alpha value is -3.02. The second-order valence-electron chi connectivity index (χ2n) is 9.95. The molecule has 0 saturated carbocycles. The summed E-state index contributed by atoms with van der Waals surface area (Å²) in [6.45, 7) is 5.83. The van der Waals surface area contributed by atoms with E-state index in [1.54, 1.807) is 49.4 Å². The molecular weight excluding hydrogens is 506 g/mol. The Morgan fingerprint density at radius 3 is 2.67 bits per heavy atom. The van der Waals surface area contributed by atoms with Gasteiger partial charge in [-0.1, -0.05) is 11.6 Å². The van der Waals surface area contributed by atoms with Crippen LogP contribution >= 0.6 is 22.9 Å². The van der Waals surface area contributed by atoms with Crippen LogP contribution in [0.3, 0.4) is 0 Å². The van der Waals surface area contributed by atoms with E-state index in [0.29, 0.717) is 40.8 Å². The first kappa shape index (κ1) is 26.1. The molecule has 1 saturated heterocycles. The fraction of sp³-hybridized carbons (Fsp3) is 0.458. The summed E-state index contributed by atoms with van der Waals surface area (Å²) in [5.74, 6) is -0.832. The summed E-state index contributed by atoms with van der Waals surface area (Å²) in [5.41, 5.74) is 0.520. The molecule has 36 heavy (non-hydrogen) atoms. The number of rotatable bonds is 6. The van der Waals surface area contributed by atoms with E-state index in [1.165, 1.54) is 17.4 Å². The number of thiazole rings is 1. The third kappa shape index (κ3) is 4.95. The van der Waals surface area contributed by atoms with Gasteiger partial charge in [0.25, 0.3) is 5.66 Å². The number of benzene rings is 1. The lowest BCUT2D eigenvalue weighted by molar-refractivity contribution is -0.930. The van der Waals surface area contributed by atoms with Crippen molar-refractivity contribution in [3.63, 3.8) is 0 Å². The maximum absolute atomic E-state index is 14.3. The fourth-order valence-electron chi connectivity index (χ4n) is 4.61. The second-order valence-corrected chi connectivity index (χ2v) is 11.4. The molecule has 0 radical (unpaired) electrons. The van der Waals surface area contributed by atoms with Gasteiger partial charge in [-0.25, -0.2) is 14.6 Å². The fourth-order valence-corrected chi connectivity index (χ4v) is 5.46. The monoisotopic (exact) mass is 534 g/mol. The maximum atomic E-state index is 14.3. The van der Waals surface area contributed by atoms with Crippen molar-refractivity contribution in [1.29, 1.82) is 0 Å². The number of ether oxygens (including phenoxy) is 1. The topological polar surface area (TPSA) is 118 Å². The zero-order valence-corrected chi connectivity index (χ0v) is 21.9. The van der Waals surface area contributed by atoms with Crippen LogP contribution in [0.25, 0.3) is 0 Å². The van der Waals surface area contributed by atoms with E-state index < -0.39 is 27.9 Å². The van der Waals surface area contributed by atoms with E-state index in [-0.39, 0.29) is 18.7 Å². The molecule has 1 aromatic heterocycles. The number of nitrogens with one attached hydrogen (secondary N) is 2. The second kappa shape index (κ2) is 9.79. The number of nitrogens with zero attached hydrogens (tertiary/aromatic N) is 3. The first-order valence-electron chi connectivity index (χ1n) is 11.6. The lowest BCUT2D eigenvalue weighted by Crippen LogP contribution is -2.79. The number of anilines is 1. The summed E-state index contributed by atoms with van der Waals surface area (Å²) < 4.78 is 4.50. The van der Waals surface area contributed by atoms with Crippen LogP contribution in [0.15, 0.2) is 29.8 Å². The average Bonchev–Trinajstić information content (AvgIpc) is 3.50. The lowest BCUT2D eigenvalue weighted by atomic mass is 9.88. The van der Waals surface area contributed by atoms with Gasteiger partial charge in [-0.2, -0.15) is 5.43 Å². The third-order valence-electron chi connectivity index (χ3n) is 6.21. The highest BCUT2D eigenvalue weighted by molar-refractivity contribution is 7.09. The van der Waals surface area contributed by atoms with Gasteiger partial charge >= 0.3 is 18.4 Å². The number of quaternary nitrogens is 1. The quantitative estimate of drug-likeness (QED) is 0.329. The molecule has 2 atom stereocenters. The van der Waals surface area contributed by atoms with Crippen LogP contribution in [0.5, 0.6) is 0 Å². The Bertz CT molecular complexity index is 1180. The van der Waals surface area contributed by atoms with Crippen molar-refractivity contribution >= 4 is 52.8 Å². The summed E-state index contributed by atoms with van der Waals surface area (Å²) in [6, 6.07) is 4.71. The molecule has 2 aliphatic rings. The molecule has 1 aromatic carbocycles. The van der Waals surface area contributed by atoms with E-state index in [2.05, 4.69) is 15.7 Å². The van der Waals surface area contributed by atoms with E-state index in [9.17, 15) is 19.2 Å². The third-order valence-corrected chi connectivity index (χ3v) is 7.21. The van der Waals surface area contributed by atoms with Crippen molar-refractivity contribution in [2.24, 2.45) is 0 Å². The van der Waals surface area contributed by atoms with Crippen LogP contribution in [0.4, 0.5) is 10.5 Å². The van der Waals surface area contributed by atoms with Crippen molar-refractivity contribution in [1.82, 2.24) is 15.3 Å². The number of amides is 3. The number of ketones is 1. The first-order chi connectivity index (χ1) is 17.0. The number of hydrogen-bond acceptors (Lipinski definition) is 8. The molecule has 3 amide bonds. The minimum absolute atomic E-state index is 0.184. The van der Waals surface area contributed by atoms with Gasteiger partial charge in [-0.15, -0.1) is 15.9 Å². The van der Waals surface area contributed by atoms with Gasteiger partial charge in [0, 0.05) is 35.3 Å². The Balaban J connectivity index is 1.90. The predicted octanol–water partition coefficient (Wildman–Crippen LogP) is 3.73. The van der Waals surface area contributed by atoms with E-state index in [1.807, 2.05) is 0 Å². The summed E-state index contributed by atoms with van der Waals surface area (Å²) in [7, 11) is 0. The molecule has 0 aliphatic carbocycles. The molecule has 3 heterocycles. The molecule has 4 rings (SSSR count). The molecular formula is C24H29ClN5O5S+. The predicted molar refractivity (Wildman–Crippen MR) is 134 cm³/mol. The molecule has 1 fully saturated rings. The lowest BCUT2D eigenvalue weighted by Gasteiger charge is -2.48. The Kier molecular flexibility index (Phi) is 7.09. The van der Waals surface area contributed by atoms with Gasteiger partial charge in [0.2, 0.25) is 0 Å². The molecule has 2 aromatic rings. The Morgan fingerprint density at radius 2 is 2.06 bits per heavy atom. The van der Waals surface area contributed by atoms with Gasteiger partial charge in [-0.3, -0.25) is 9.59 Å². The summed E-state index contributed by atoms with van der Waals surface area (Å²) in [5, 5.41) is 5.74. The highest BCUT2D eigenvalue weighted by Crippen LogP contribution is 2.40. The molecule has 2 aliphatic heterocycles. The van der Waals surface area contributed by atoms with Gasteiger partial charge in [-0.05, 0) is 51.8 Å². The Labute approximate surface area is 218 Å². The van der Waals surface area contributed by atoms with Crippen LogP contribution in [-0.2, 0) is 20.9 Å². The number of halogens is 1. The molecule has 10 nitrogen and oxygen atoms in total. The molecule has 12 heteroatoms. The van der Waals surface area contributed by atoms with Crippen molar-refractivity contribution in [2.45, 2.75) is 57.8 Å². The number of carbonyl (C=O) groups is 4. The van der Waals surface area contributed by atoms with Gasteiger partial charge in [0.05, 0.1) is 12.1 Å². The van der Waals surface area contributed by atoms with Crippen LogP contribution < -0.4 is 10.7 Å². The largest absolute Gasteiger partial charge is 0.452 e. The highest BCUT2D eigenvalue weighted by atomic mass is 35.5. The maximum Gasteiger partial charge on any atom is 0.452 e. The number of fused-ring (bicyclic) bond motifs is 1. The van der Waals surface area contributed by atoms with Gasteiger partial charge in [0.15, 0.2) is 17.3 Å². The normalized spacial score (nSPS) is 21.2. The standard InChI is InChI=1S/C24H28ClN5O5S/c1-23(2,3)35-22(34)28-30(15-31,14-20-26-8-11-36-20)24(21(33)29-9-4-5-10-29)13-19(32)17-7-6-16(25)12-18(17)27-24/h6-8,11-12,15H,4-5,9-10,13-14H2,1-3H3,(H-,27,28,32,34)/p+1. The average molecular weight is 535 g/mol. The van der Waals surface area contributed by atoms with Crippen LogP contribution in [0.2, 0.25) is 5.02 Å². The van der Waals surface area contributed by atoms with Crippen LogP contribution in [0.1, 0.15) is 55.4 Å². The van der Waals surface area contributed by atoms with E-state index in [0.717, 1.165) is 12.8 Å². The van der Waals surface area contributed by atoms with Gasteiger partial charge < -0.3 is 15.0 Å². The van der Waals surface area contributed by atoms with E-state index >= 15 is 0 Å². The molecule has 2 unspecified atom stereocenters. The molecule has 192 valence electrons. The van der Waals surface area contributed by atoms with Crippen molar-refractivity contribution in [2.75, 3.05) is 18.4 Å². The zero-order chi connectivity index (χ0) is 26.1. The zero-order valence-electron chi connectivity index (χ0n) is 20.4. The van der Waals surface area contributed by atoms with E-state index in [4.69, 9.17) is 16.3 Å². The summed E-state index contributed by atoms with van der Waals surface area (Å²) >= 11 is 7.49. The SMILES string of the molecule is CC(C)(C)OC(=O)N[N+](C=O)(Cc1nccs1)C1(C(=O)N2CCCC2)CC(=O)c2ccc(Cl)cc2N1. The number of Topliss-reactive ketones (excluding diaryl/α,β-unsaturated/α-hetero) is 1. The number of carbonyl (C=O) groups excluding carboxylic acids is 4. The highest BCUT2D eigenvalue weighted by Gasteiger charge is 2.64. The number of hydrogen-bond donors (Lipinski definition) is 2. The Morgan fingerprint density at radius 1 is 1.33 bits per heavy atom. The van der Waals surface area contributed by atoms with Crippen molar-refractivity contribution < 1.29 is 28.5 Å². The smallest absolute Gasteiger partial charge is 0.441 e. The molecule has 2 N–H and O–H groups in total. The molecule has 0 spiro atoms. The van der Waals surface area contributed by atoms with Crippen molar-refractivity contribution in [3.8, 4) is 0 Å². The van der Waals surface area contributed by atoms with Crippen molar-refractivity contribution in [3.05, 3.63) is 45.4 Å². The van der Waals surface area contributed by atoms with Crippen LogP contribution in [0, 0.1) is 0 Å². The first-order valence-corrected chi connectivity index (χ1v) is 12.9.